The van der Waals surface area contributed by atoms with Crippen molar-refractivity contribution in [1.29, 1.82) is 0 Å². The number of ether oxygens (including phenoxy) is 3. The van der Waals surface area contributed by atoms with Crippen molar-refractivity contribution in [3.05, 3.63) is 136 Å². The summed E-state index contributed by atoms with van der Waals surface area (Å²) in [6.07, 6.45) is 4.06. The van der Waals surface area contributed by atoms with Crippen LogP contribution in [0.3, 0.4) is 0 Å². The number of nitrogens with zero attached hydrogens (tertiary/aromatic N) is 5. The topological polar surface area (TPSA) is 226 Å². The Labute approximate surface area is 497 Å². The molecule has 19 nitrogen and oxygen atoms in total. The molecule has 0 spiro atoms. The second-order valence-electron chi connectivity index (χ2n) is 22.5. The maximum absolute atomic E-state index is 14.8. The number of nitrogens with one attached hydrogen (secondary N) is 4. The maximum Gasteiger partial charge on any atom is 0.407 e. The molecule has 5 aromatic rings. The number of hydrogen-bond acceptors (Lipinski definition) is 12. The van der Waals surface area contributed by atoms with Crippen LogP contribution in [-0.4, -0.2) is 149 Å². The summed E-state index contributed by atoms with van der Waals surface area (Å²) in [7, 11) is 10.6. The number of likely N-dealkylation sites (N-methyl/N-ethyl adjacent to an activating group) is 2. The van der Waals surface area contributed by atoms with Gasteiger partial charge in [-0.1, -0.05) is 84.6 Å². The van der Waals surface area contributed by atoms with Crippen molar-refractivity contribution in [2.24, 2.45) is 13.0 Å². The van der Waals surface area contributed by atoms with Gasteiger partial charge in [0.2, 0.25) is 23.6 Å². The first kappa shape index (κ1) is 65.1. The molecule has 0 bridgehead atoms. The fraction of sp³-hybridized carbons (Fsp3) is 0.468. The van der Waals surface area contributed by atoms with E-state index in [2.05, 4.69) is 35.7 Å². The monoisotopic (exact) mass is 1180 g/mol. The van der Waals surface area contributed by atoms with Crippen LogP contribution in [0.5, 0.6) is 11.5 Å². The fourth-order valence-corrected chi connectivity index (χ4v) is 10.5. The lowest BCUT2D eigenvalue weighted by atomic mass is 9.87. The summed E-state index contributed by atoms with van der Waals surface area (Å²) in [6.45, 7) is 5.82. The molecule has 0 aliphatic heterocycles. The van der Waals surface area contributed by atoms with Gasteiger partial charge in [-0.15, -0.1) is 0 Å². The third-order valence-corrected chi connectivity index (χ3v) is 15.1. The number of amides is 5. The number of imidazole rings is 1. The fourth-order valence-electron chi connectivity index (χ4n) is 10.2. The molecule has 21 heteroatoms. The van der Waals surface area contributed by atoms with E-state index < -0.39 is 65.6 Å². The molecule has 1 heterocycles. The third-order valence-electron chi connectivity index (χ3n) is 14.6. The number of rotatable bonds is 28. The molecule has 448 valence electrons. The van der Waals surface area contributed by atoms with Crippen LogP contribution in [0, 0.1) is 5.92 Å². The number of carbonyl (C=O) groups is 6. The van der Waals surface area contributed by atoms with E-state index in [1.54, 1.807) is 70.1 Å². The largest absolute Gasteiger partial charge is 0.481 e. The number of aromatic nitrogens is 2. The molecule has 1 aliphatic carbocycles. The highest BCUT2D eigenvalue weighted by Crippen LogP contribution is 2.32. The molecule has 6 atom stereocenters. The molecule has 5 amide bonds. The van der Waals surface area contributed by atoms with E-state index in [0.717, 1.165) is 41.1 Å². The van der Waals surface area contributed by atoms with Gasteiger partial charge in [-0.2, -0.15) is 0 Å². The van der Waals surface area contributed by atoms with Crippen LogP contribution in [0.1, 0.15) is 88.2 Å². The number of alkyl carbamates (subject to hydrolysis) is 1. The molecular formula is C62H81Cl2N9O10. The van der Waals surface area contributed by atoms with Crippen molar-refractivity contribution in [3.8, 4) is 22.8 Å². The number of methoxy groups -OCH3 is 1. The molecule has 1 fully saturated rings. The average molecular weight is 1180 g/mol. The molecule has 1 aliphatic rings. The zero-order valence-electron chi connectivity index (χ0n) is 49.1. The molecule has 0 radical (unpaired) electrons. The van der Waals surface area contributed by atoms with E-state index in [9.17, 15) is 33.9 Å². The van der Waals surface area contributed by atoms with Crippen molar-refractivity contribution in [3.63, 3.8) is 0 Å². The Kier molecular flexibility index (Phi) is 24.4. The quantitative estimate of drug-likeness (QED) is 0.0317. The van der Waals surface area contributed by atoms with Crippen molar-refractivity contribution in [1.82, 2.24) is 45.5 Å². The summed E-state index contributed by atoms with van der Waals surface area (Å²) in [5, 5.41) is 22.9. The van der Waals surface area contributed by atoms with Crippen LogP contribution in [0.2, 0.25) is 10.0 Å². The van der Waals surface area contributed by atoms with Gasteiger partial charge in [0, 0.05) is 81.0 Å². The average Bonchev–Trinajstić information content (AvgIpc) is 3.80. The van der Waals surface area contributed by atoms with Gasteiger partial charge in [0.15, 0.2) is 0 Å². The lowest BCUT2D eigenvalue weighted by molar-refractivity contribution is -0.145. The second-order valence-corrected chi connectivity index (χ2v) is 23.4. The second kappa shape index (κ2) is 31.0. The van der Waals surface area contributed by atoms with Crippen molar-refractivity contribution < 1.29 is 48.1 Å². The summed E-state index contributed by atoms with van der Waals surface area (Å²) in [5.74, 6) is -1.75. The number of aliphatic carboxylic acids is 1. The van der Waals surface area contributed by atoms with Gasteiger partial charge in [0.05, 0.1) is 49.5 Å². The van der Waals surface area contributed by atoms with E-state index in [-0.39, 0.29) is 63.6 Å². The van der Waals surface area contributed by atoms with Crippen LogP contribution < -0.4 is 26.0 Å². The Morgan fingerprint density at radius 2 is 1.49 bits per heavy atom. The first-order valence-corrected chi connectivity index (χ1v) is 28.8. The molecule has 5 N–H and O–H groups in total. The van der Waals surface area contributed by atoms with E-state index in [1.165, 1.54) is 12.0 Å². The minimum Gasteiger partial charge on any atom is -0.481 e. The van der Waals surface area contributed by atoms with Crippen LogP contribution in [-0.2, 0) is 66.4 Å². The lowest BCUT2D eigenvalue weighted by Crippen LogP contribution is -2.57. The Bertz CT molecular complexity index is 2960. The highest BCUT2D eigenvalue weighted by Gasteiger charge is 2.37. The van der Waals surface area contributed by atoms with Crippen LogP contribution in [0.4, 0.5) is 4.79 Å². The highest BCUT2D eigenvalue weighted by molar-refractivity contribution is 6.31. The van der Waals surface area contributed by atoms with E-state index in [1.807, 2.05) is 94.1 Å². The van der Waals surface area contributed by atoms with Gasteiger partial charge >= 0.3 is 12.1 Å². The van der Waals surface area contributed by atoms with E-state index >= 15 is 0 Å². The summed E-state index contributed by atoms with van der Waals surface area (Å²) >= 11 is 12.8. The summed E-state index contributed by atoms with van der Waals surface area (Å²) in [4.78, 5) is 92.4. The number of carboxylic acid groups (broad SMARTS) is 1. The first-order chi connectivity index (χ1) is 39.5. The van der Waals surface area contributed by atoms with Crippen molar-refractivity contribution >= 4 is 58.9 Å². The molecule has 0 saturated heterocycles. The van der Waals surface area contributed by atoms with Gasteiger partial charge in [-0.3, -0.25) is 24.0 Å². The Morgan fingerprint density at radius 1 is 0.819 bits per heavy atom. The summed E-state index contributed by atoms with van der Waals surface area (Å²) in [6, 6.07) is 25.4. The third kappa shape index (κ3) is 20.1. The molecular weight excluding hydrogens is 1100 g/mol. The number of benzene rings is 4. The number of halogens is 2. The standard InChI is InChI=1S/C62H81Cl2N9O10/c1-62(2,3)83-61(80)65-30-29-50(66-36-43-21-26-46(64)34-54(43)82-48-27-22-42(23-28-48)53-37-67-55(72(53)7)38-70(4)5)58(77)69-51(39-81-9)60(79)71(6)47(32-41-19-24-45(63)25-20-41)35-56(74)68-49-17-13-14-18-52(49)73(8)59(78)44(33-57(75)76)31-40-15-11-10-12-16-40/h10-12,15-16,19-28,34,37,44,47,49-52,66H,13-14,17-18,29-33,35-36,38-39H2,1-9H3,(H,65,80)(H,68,74)(H,69,77)(H,75,76)/t44?,47-,49-,50-,51-,52-/m0/s1. The van der Waals surface area contributed by atoms with E-state index in [4.69, 9.17) is 37.4 Å². The first-order valence-electron chi connectivity index (χ1n) is 28.0. The van der Waals surface area contributed by atoms with Crippen LogP contribution in [0.15, 0.2) is 103 Å². The normalized spacial score (nSPS) is 15.8. The zero-order valence-corrected chi connectivity index (χ0v) is 50.6. The van der Waals surface area contributed by atoms with Crippen LogP contribution in [0.25, 0.3) is 11.3 Å². The highest BCUT2D eigenvalue weighted by atomic mass is 35.5. The van der Waals surface area contributed by atoms with Crippen molar-refractivity contribution in [2.45, 2.75) is 127 Å². The van der Waals surface area contributed by atoms with E-state index in [0.29, 0.717) is 46.5 Å². The molecule has 1 saturated carbocycles. The molecule has 83 heavy (non-hydrogen) atoms. The van der Waals surface area contributed by atoms with Crippen LogP contribution >= 0.6 is 23.2 Å². The molecule has 1 aromatic heterocycles. The predicted octanol–water partition coefficient (Wildman–Crippen LogP) is 8.43. The number of carboxylic acids is 1. The Hall–Kier alpha value is -7.03. The minimum absolute atomic E-state index is 0.0209. The summed E-state index contributed by atoms with van der Waals surface area (Å²) < 4.78 is 19.5. The molecule has 6 rings (SSSR count). The smallest absolute Gasteiger partial charge is 0.407 e. The Balaban J connectivity index is 1.19. The van der Waals surface area contributed by atoms with Gasteiger partial charge in [-0.05, 0) is 127 Å². The maximum atomic E-state index is 14.8. The van der Waals surface area contributed by atoms with Gasteiger partial charge in [-0.25, -0.2) is 9.78 Å². The molecule has 1 unspecified atom stereocenters. The number of hydrogen-bond donors (Lipinski definition) is 5. The van der Waals surface area contributed by atoms with Crippen molar-refractivity contribution in [2.75, 3.05) is 48.5 Å². The molecule has 4 aromatic carbocycles. The zero-order chi connectivity index (χ0) is 60.4. The predicted molar refractivity (Wildman–Crippen MR) is 320 cm³/mol. The lowest BCUT2D eigenvalue weighted by Gasteiger charge is -2.40. The van der Waals surface area contributed by atoms with Gasteiger partial charge < -0.3 is 59.9 Å². The Morgan fingerprint density at radius 3 is 2.16 bits per heavy atom. The SMILES string of the molecule is COC[C@H](NC(=O)[C@H](CCNC(=O)OC(C)(C)C)NCc1ccc(Cl)cc1Oc1ccc(-c2cnc(CN(C)C)n2C)cc1)C(=O)N(C)[C@H](CC(=O)N[C@H]1CCCC[C@@H]1N(C)C(=O)C(CC(=O)O)Cc1ccccc1)Cc1ccc(Cl)cc1. The van der Waals surface area contributed by atoms with Gasteiger partial charge in [0.25, 0.3) is 0 Å². The number of carbonyl (C=O) groups excluding carboxylic acids is 5. The summed E-state index contributed by atoms with van der Waals surface area (Å²) in [5.41, 5.74) is 3.44. The van der Waals surface area contributed by atoms with Gasteiger partial charge in [0.1, 0.15) is 29.0 Å². The minimum atomic E-state index is -1.23.